The lowest BCUT2D eigenvalue weighted by Gasteiger charge is -2.40. The average Bonchev–Trinajstić information content (AvgIpc) is 3.26. The van der Waals surface area contributed by atoms with Gasteiger partial charge in [0.05, 0.1) is 36.0 Å². The number of aryl methyl sites for hydroxylation is 1. The molecule has 0 spiro atoms. The van der Waals surface area contributed by atoms with Gasteiger partial charge in [0.25, 0.3) is 15.9 Å². The Kier molecular flexibility index (Phi) is 8.27. The molecule has 1 amide bonds. The van der Waals surface area contributed by atoms with Crippen molar-refractivity contribution in [1.82, 2.24) is 9.78 Å². The van der Waals surface area contributed by atoms with E-state index in [4.69, 9.17) is 9.47 Å². The molecule has 0 radical (unpaired) electrons. The van der Waals surface area contributed by atoms with Crippen molar-refractivity contribution >= 4 is 27.5 Å². The van der Waals surface area contributed by atoms with E-state index in [1.54, 1.807) is 27.7 Å². The Morgan fingerprint density at radius 1 is 1.27 bits per heavy atom. The minimum absolute atomic E-state index is 0.00619. The van der Waals surface area contributed by atoms with Crippen molar-refractivity contribution in [3.05, 3.63) is 24.4 Å². The van der Waals surface area contributed by atoms with Crippen LogP contribution in [0.2, 0.25) is 0 Å². The maximum absolute atomic E-state index is 14.1. The summed E-state index contributed by atoms with van der Waals surface area (Å²) < 4.78 is 83.5. The number of hydrogen-bond acceptors (Lipinski definition) is 7. The van der Waals surface area contributed by atoms with E-state index in [-0.39, 0.29) is 46.7 Å². The van der Waals surface area contributed by atoms with Gasteiger partial charge in [-0.1, -0.05) is 0 Å². The summed E-state index contributed by atoms with van der Waals surface area (Å²) >= 11 is 0. The van der Waals surface area contributed by atoms with Crippen LogP contribution in [0.4, 0.5) is 29.3 Å². The number of rotatable bonds is 9. The first-order chi connectivity index (χ1) is 18.4. The van der Waals surface area contributed by atoms with Gasteiger partial charge >= 0.3 is 12.3 Å². The second-order valence-electron chi connectivity index (χ2n) is 10.4. The highest BCUT2D eigenvalue weighted by Gasteiger charge is 2.54. The van der Waals surface area contributed by atoms with Gasteiger partial charge in [-0.15, -0.1) is 5.10 Å². The van der Waals surface area contributed by atoms with Crippen molar-refractivity contribution in [2.75, 3.05) is 22.4 Å². The molecule has 220 valence electrons. The molecule has 15 heteroatoms. The van der Waals surface area contributed by atoms with Crippen LogP contribution in [0.25, 0.3) is 0 Å². The fourth-order valence-corrected chi connectivity index (χ4v) is 5.84. The van der Waals surface area contributed by atoms with E-state index in [2.05, 4.69) is 11.2 Å². The van der Waals surface area contributed by atoms with Crippen molar-refractivity contribution in [2.45, 2.75) is 77.2 Å². The summed E-state index contributed by atoms with van der Waals surface area (Å²) in [5, 5.41) is 23.4. The molecule has 2 heterocycles. The summed E-state index contributed by atoms with van der Waals surface area (Å²) in [7, 11) is -4.47. The first-order valence-electron chi connectivity index (χ1n) is 12.4. The van der Waals surface area contributed by atoms with Gasteiger partial charge in [0.2, 0.25) is 0 Å². The van der Waals surface area contributed by atoms with Gasteiger partial charge in [-0.3, -0.25) is 13.9 Å². The number of sulfonamides is 1. The van der Waals surface area contributed by atoms with E-state index in [1.807, 2.05) is 0 Å². The van der Waals surface area contributed by atoms with E-state index >= 15 is 0 Å². The van der Waals surface area contributed by atoms with Crippen molar-refractivity contribution in [3.63, 3.8) is 0 Å². The van der Waals surface area contributed by atoms with Crippen LogP contribution in [0.3, 0.4) is 0 Å². The number of hydrogen-bond donors (Lipinski definition) is 1. The highest BCUT2D eigenvalue weighted by atomic mass is 32.2. The molecule has 11 nitrogen and oxygen atoms in total. The van der Waals surface area contributed by atoms with Gasteiger partial charge < -0.3 is 14.6 Å². The maximum atomic E-state index is 14.1. The number of amides is 1. The zero-order chi connectivity index (χ0) is 30.3. The summed E-state index contributed by atoms with van der Waals surface area (Å²) in [6.45, 7) is 8.29. The number of nitriles is 1. The lowest BCUT2D eigenvalue weighted by molar-refractivity contribution is -0.175. The molecule has 1 atom stereocenters. The number of carbonyl (C=O) groups is 1. The summed E-state index contributed by atoms with van der Waals surface area (Å²) in [6, 6.07) is 5.51. The monoisotopic (exact) mass is 587 g/mol. The van der Waals surface area contributed by atoms with Crippen molar-refractivity contribution in [1.29, 1.82) is 5.26 Å². The maximum Gasteiger partial charge on any atom is 0.412 e. The van der Waals surface area contributed by atoms with Crippen LogP contribution in [0.5, 0.6) is 11.6 Å². The van der Waals surface area contributed by atoms with Crippen LogP contribution >= 0.6 is 0 Å². The van der Waals surface area contributed by atoms with Gasteiger partial charge in [-0.2, -0.15) is 18.4 Å². The molecular weight excluding hydrogens is 555 g/mol. The standard InChI is InChI=1S/C25H32F3N5O6S/c1-7-31-14-20(21(30-31)38-8-2)40(36,37)32-13-17(12-23(3,4)15-29)39-19-10-9-16(11-18(19)32)33(22(34)35)24(5,6)25(26,27)28/h9-11,14,17H,7-8,12-13H2,1-6H3,(H,34,35)/t17-/m1/s1. The number of alkyl halides is 3. The Labute approximate surface area is 230 Å². The number of nitrogens with zero attached hydrogens (tertiary/aromatic N) is 5. The Hall–Kier alpha value is -3.67. The van der Waals surface area contributed by atoms with E-state index in [0.29, 0.717) is 20.4 Å². The SMILES string of the molecule is CCOc1nn(CC)cc1S(=O)(=O)N1C[C@@H](CC(C)(C)C#N)Oc2ccc(N(C(=O)O)C(C)(C)C(F)(F)F)cc21. The summed E-state index contributed by atoms with van der Waals surface area (Å²) in [5.41, 5.74) is -4.32. The van der Waals surface area contributed by atoms with Crippen LogP contribution in [0.1, 0.15) is 48.0 Å². The van der Waals surface area contributed by atoms with E-state index in [1.165, 1.54) is 16.9 Å². The van der Waals surface area contributed by atoms with Crippen molar-refractivity contribution < 1.29 is 41.0 Å². The highest BCUT2D eigenvalue weighted by molar-refractivity contribution is 7.93. The lowest BCUT2D eigenvalue weighted by Crippen LogP contribution is -2.57. The Bertz CT molecular complexity index is 1410. The number of aromatic nitrogens is 2. The molecule has 1 aliphatic rings. The molecule has 1 aromatic carbocycles. The third-order valence-corrected chi connectivity index (χ3v) is 8.25. The summed E-state index contributed by atoms with van der Waals surface area (Å²) in [5.74, 6) is -0.166. The number of anilines is 2. The third-order valence-electron chi connectivity index (χ3n) is 6.49. The first kappa shape index (κ1) is 30.9. The third kappa shape index (κ3) is 5.77. The Balaban J connectivity index is 2.24. The van der Waals surface area contributed by atoms with Crippen LogP contribution < -0.4 is 18.7 Å². The highest BCUT2D eigenvalue weighted by Crippen LogP contribution is 2.45. The molecule has 1 aromatic heterocycles. The zero-order valence-electron chi connectivity index (χ0n) is 23.0. The smallest absolute Gasteiger partial charge is 0.412 e. The van der Waals surface area contributed by atoms with Gasteiger partial charge in [0, 0.05) is 19.2 Å². The molecule has 1 N–H and O–H groups in total. The molecule has 0 saturated carbocycles. The lowest BCUT2D eigenvalue weighted by atomic mass is 9.88. The molecule has 0 saturated heterocycles. The summed E-state index contributed by atoms with van der Waals surface area (Å²) in [6.07, 6.45) is -6.22. The quantitative estimate of drug-likeness (QED) is 0.432. The van der Waals surface area contributed by atoms with Crippen molar-refractivity contribution in [3.8, 4) is 17.7 Å². The second-order valence-corrected chi connectivity index (χ2v) is 12.2. The number of ether oxygens (including phenoxy) is 2. The number of carboxylic acid groups (broad SMARTS) is 1. The van der Waals surface area contributed by atoms with E-state index < -0.39 is 45.0 Å². The van der Waals surface area contributed by atoms with E-state index in [0.717, 1.165) is 16.4 Å². The molecule has 40 heavy (non-hydrogen) atoms. The van der Waals surface area contributed by atoms with Crippen LogP contribution in [0.15, 0.2) is 29.3 Å². The van der Waals surface area contributed by atoms with E-state index in [9.17, 15) is 36.8 Å². The molecule has 0 bridgehead atoms. The molecule has 2 aromatic rings. The normalized spacial score (nSPS) is 16.1. The van der Waals surface area contributed by atoms with Gasteiger partial charge in [-0.25, -0.2) is 13.2 Å². The molecule has 0 fully saturated rings. The van der Waals surface area contributed by atoms with Crippen LogP contribution in [0, 0.1) is 16.7 Å². The zero-order valence-corrected chi connectivity index (χ0v) is 23.8. The summed E-state index contributed by atoms with van der Waals surface area (Å²) in [4.78, 5) is 11.9. The number of fused-ring (bicyclic) bond motifs is 1. The van der Waals surface area contributed by atoms with Gasteiger partial charge in [-0.05, 0) is 59.7 Å². The molecule has 0 unspecified atom stereocenters. The fourth-order valence-electron chi connectivity index (χ4n) is 4.27. The minimum atomic E-state index is -4.95. The Morgan fingerprint density at radius 3 is 2.45 bits per heavy atom. The van der Waals surface area contributed by atoms with Crippen LogP contribution in [-0.4, -0.2) is 60.4 Å². The molecule has 0 aliphatic carbocycles. The van der Waals surface area contributed by atoms with Crippen LogP contribution in [-0.2, 0) is 16.6 Å². The second kappa shape index (κ2) is 10.7. The average molecular weight is 588 g/mol. The number of benzene rings is 1. The van der Waals surface area contributed by atoms with Gasteiger partial charge in [0.15, 0.2) is 4.90 Å². The van der Waals surface area contributed by atoms with Crippen molar-refractivity contribution in [2.24, 2.45) is 5.41 Å². The molecule has 3 rings (SSSR count). The molecule has 1 aliphatic heterocycles. The Morgan fingerprint density at radius 2 is 1.93 bits per heavy atom. The minimum Gasteiger partial charge on any atom is -0.486 e. The van der Waals surface area contributed by atoms with Gasteiger partial charge in [0.1, 0.15) is 17.4 Å². The predicted molar refractivity (Wildman–Crippen MR) is 139 cm³/mol. The topological polar surface area (TPSA) is 138 Å². The predicted octanol–water partition coefficient (Wildman–Crippen LogP) is 5.02. The molecular formula is C25H32F3N5O6S. The number of halogens is 3. The fraction of sp³-hybridized carbons (Fsp3) is 0.560. The largest absolute Gasteiger partial charge is 0.486 e. The first-order valence-corrected chi connectivity index (χ1v) is 13.9.